The van der Waals surface area contributed by atoms with Gasteiger partial charge in [-0.2, -0.15) is 0 Å². The summed E-state index contributed by atoms with van der Waals surface area (Å²) in [5, 5.41) is 10.6. The number of carboxylic acid groups (broad SMARTS) is 1. The zero-order valence-corrected chi connectivity index (χ0v) is 8.43. The molecular formula is C8H8F2N2O2S. The SMILES string of the molecule is O=C(O)Cc1csc(N2CC(F)(F)C2)n1. The molecule has 1 aliphatic heterocycles. The van der Waals surface area contributed by atoms with E-state index in [-0.39, 0.29) is 19.5 Å². The number of aromatic nitrogens is 1. The van der Waals surface area contributed by atoms with Crippen LogP contribution in [0.3, 0.4) is 0 Å². The third kappa shape index (κ3) is 2.23. The number of alkyl halides is 2. The summed E-state index contributed by atoms with van der Waals surface area (Å²) >= 11 is 1.19. The van der Waals surface area contributed by atoms with Gasteiger partial charge in [-0.25, -0.2) is 13.8 Å². The number of hydrogen-bond donors (Lipinski definition) is 1. The molecule has 0 aliphatic carbocycles. The highest BCUT2D eigenvalue weighted by Crippen LogP contribution is 2.33. The van der Waals surface area contributed by atoms with Gasteiger partial charge >= 0.3 is 5.97 Å². The minimum Gasteiger partial charge on any atom is -0.481 e. The van der Waals surface area contributed by atoms with E-state index in [2.05, 4.69) is 4.98 Å². The molecular weight excluding hydrogens is 226 g/mol. The fourth-order valence-electron chi connectivity index (χ4n) is 1.33. The van der Waals surface area contributed by atoms with E-state index < -0.39 is 11.9 Å². The summed E-state index contributed by atoms with van der Waals surface area (Å²) in [6, 6.07) is 0. The van der Waals surface area contributed by atoms with Crippen molar-refractivity contribution >= 4 is 22.4 Å². The Kier molecular flexibility index (Phi) is 2.34. The molecule has 0 amide bonds. The maximum atomic E-state index is 12.5. The second-order valence-corrected chi connectivity index (χ2v) is 4.24. The third-order valence-corrected chi connectivity index (χ3v) is 2.94. The van der Waals surface area contributed by atoms with Crippen molar-refractivity contribution in [1.82, 2.24) is 4.98 Å². The van der Waals surface area contributed by atoms with Crippen molar-refractivity contribution in [3.8, 4) is 0 Å². The molecule has 7 heteroatoms. The molecule has 1 aromatic rings. The van der Waals surface area contributed by atoms with Gasteiger partial charge in [-0.15, -0.1) is 11.3 Å². The quantitative estimate of drug-likeness (QED) is 0.854. The Morgan fingerprint density at radius 1 is 1.67 bits per heavy atom. The summed E-state index contributed by atoms with van der Waals surface area (Å²) in [5.41, 5.74) is 0.415. The van der Waals surface area contributed by atoms with Crippen LogP contribution in [0.15, 0.2) is 5.38 Å². The second-order valence-electron chi connectivity index (χ2n) is 3.40. The molecule has 1 N–H and O–H groups in total. The number of hydrogen-bond acceptors (Lipinski definition) is 4. The van der Waals surface area contributed by atoms with Crippen LogP contribution in [0.2, 0.25) is 0 Å². The van der Waals surface area contributed by atoms with E-state index in [9.17, 15) is 13.6 Å². The van der Waals surface area contributed by atoms with Crippen LogP contribution in [0.5, 0.6) is 0 Å². The number of nitrogens with zero attached hydrogens (tertiary/aromatic N) is 2. The topological polar surface area (TPSA) is 53.4 Å². The Labute approximate surface area is 88.2 Å². The molecule has 0 bridgehead atoms. The largest absolute Gasteiger partial charge is 0.481 e. The van der Waals surface area contributed by atoms with Crippen molar-refractivity contribution in [2.24, 2.45) is 0 Å². The summed E-state index contributed by atoms with van der Waals surface area (Å²) < 4.78 is 25.1. The summed E-state index contributed by atoms with van der Waals surface area (Å²) in [6.45, 7) is -0.653. The van der Waals surface area contributed by atoms with Crippen molar-refractivity contribution in [3.63, 3.8) is 0 Å². The second kappa shape index (κ2) is 3.41. The molecule has 0 radical (unpaired) electrons. The zero-order chi connectivity index (χ0) is 11.1. The molecule has 0 aromatic carbocycles. The minimum absolute atomic E-state index is 0.166. The number of carbonyl (C=O) groups is 1. The number of rotatable bonds is 3. The van der Waals surface area contributed by atoms with Gasteiger partial charge < -0.3 is 10.0 Å². The van der Waals surface area contributed by atoms with Crippen LogP contribution in [0.1, 0.15) is 5.69 Å². The lowest BCUT2D eigenvalue weighted by molar-refractivity contribution is -0.136. The van der Waals surface area contributed by atoms with Gasteiger partial charge in [-0.3, -0.25) is 4.79 Å². The normalized spacial score (nSPS) is 18.7. The van der Waals surface area contributed by atoms with Gasteiger partial charge in [0.15, 0.2) is 5.13 Å². The van der Waals surface area contributed by atoms with Gasteiger partial charge in [0, 0.05) is 5.38 Å². The fourth-order valence-corrected chi connectivity index (χ4v) is 2.15. The minimum atomic E-state index is -2.63. The van der Waals surface area contributed by atoms with Crippen LogP contribution in [-0.2, 0) is 11.2 Å². The number of thiazole rings is 1. The Hall–Kier alpha value is -1.24. The average molecular weight is 234 g/mol. The summed E-state index contributed by atoms with van der Waals surface area (Å²) in [7, 11) is 0. The lowest BCUT2D eigenvalue weighted by Gasteiger charge is -2.38. The summed E-state index contributed by atoms with van der Waals surface area (Å²) in [6.07, 6.45) is -0.166. The molecule has 1 aliphatic rings. The van der Waals surface area contributed by atoms with E-state index in [0.29, 0.717) is 10.8 Å². The van der Waals surface area contributed by atoms with Crippen LogP contribution in [0.25, 0.3) is 0 Å². The van der Waals surface area contributed by atoms with Crippen molar-refractivity contribution in [1.29, 1.82) is 0 Å². The molecule has 1 fully saturated rings. The maximum absolute atomic E-state index is 12.5. The van der Waals surface area contributed by atoms with Crippen LogP contribution in [0, 0.1) is 0 Å². The highest BCUT2D eigenvalue weighted by molar-refractivity contribution is 7.13. The molecule has 0 saturated carbocycles. The van der Waals surface area contributed by atoms with Gasteiger partial charge in [0.2, 0.25) is 0 Å². The number of halogens is 2. The van der Waals surface area contributed by atoms with Crippen LogP contribution < -0.4 is 4.90 Å². The summed E-state index contributed by atoms with van der Waals surface area (Å²) in [5.74, 6) is -3.60. The molecule has 15 heavy (non-hydrogen) atoms. The smallest absolute Gasteiger partial charge is 0.309 e. The first-order valence-electron chi connectivity index (χ1n) is 4.25. The molecule has 0 spiro atoms. The predicted molar refractivity (Wildman–Crippen MR) is 50.6 cm³/mol. The van der Waals surface area contributed by atoms with Crippen LogP contribution in [-0.4, -0.2) is 35.1 Å². The molecule has 1 aromatic heterocycles. The average Bonchev–Trinajstić information content (AvgIpc) is 2.47. The molecule has 4 nitrogen and oxygen atoms in total. The van der Waals surface area contributed by atoms with Crippen LogP contribution >= 0.6 is 11.3 Å². The first-order valence-corrected chi connectivity index (χ1v) is 5.13. The van der Waals surface area contributed by atoms with Gasteiger partial charge in [-0.05, 0) is 0 Å². The zero-order valence-electron chi connectivity index (χ0n) is 7.61. The van der Waals surface area contributed by atoms with E-state index in [1.165, 1.54) is 16.2 Å². The molecule has 2 heterocycles. The van der Waals surface area contributed by atoms with Gasteiger partial charge in [0.05, 0.1) is 25.2 Å². The van der Waals surface area contributed by atoms with E-state index >= 15 is 0 Å². The Morgan fingerprint density at radius 3 is 2.87 bits per heavy atom. The van der Waals surface area contributed by atoms with Crippen molar-refractivity contribution in [2.45, 2.75) is 12.3 Å². The first-order chi connectivity index (χ1) is 6.96. The Morgan fingerprint density at radius 2 is 2.33 bits per heavy atom. The van der Waals surface area contributed by atoms with Gasteiger partial charge in [0.1, 0.15) is 0 Å². The number of anilines is 1. The fraction of sp³-hybridized carbons (Fsp3) is 0.500. The molecule has 82 valence electrons. The van der Waals surface area contributed by atoms with Crippen molar-refractivity contribution in [2.75, 3.05) is 18.0 Å². The number of aliphatic carboxylic acids is 1. The molecule has 0 atom stereocenters. The monoisotopic (exact) mass is 234 g/mol. The molecule has 0 unspecified atom stereocenters. The van der Waals surface area contributed by atoms with E-state index in [0.717, 1.165) is 0 Å². The molecule has 1 saturated heterocycles. The lowest BCUT2D eigenvalue weighted by Crippen LogP contribution is -2.56. The third-order valence-electron chi connectivity index (χ3n) is 1.99. The van der Waals surface area contributed by atoms with E-state index in [4.69, 9.17) is 5.11 Å². The van der Waals surface area contributed by atoms with E-state index in [1.54, 1.807) is 5.38 Å². The Bertz CT molecular complexity index is 386. The standard InChI is InChI=1S/C8H8F2N2O2S/c9-8(10)3-12(4-8)7-11-5(2-15-7)1-6(13)14/h2H,1,3-4H2,(H,13,14). The predicted octanol–water partition coefficient (Wildman–Crippen LogP) is 1.23. The summed E-state index contributed by atoms with van der Waals surface area (Å²) in [4.78, 5) is 15.8. The highest BCUT2D eigenvalue weighted by atomic mass is 32.1. The van der Waals surface area contributed by atoms with Gasteiger partial charge in [0.25, 0.3) is 5.92 Å². The lowest BCUT2D eigenvalue weighted by atomic mass is 10.2. The van der Waals surface area contributed by atoms with E-state index in [1.807, 2.05) is 0 Å². The highest BCUT2D eigenvalue weighted by Gasteiger charge is 2.45. The van der Waals surface area contributed by atoms with Gasteiger partial charge in [-0.1, -0.05) is 0 Å². The first kappa shape index (κ1) is 10.3. The van der Waals surface area contributed by atoms with Crippen molar-refractivity contribution < 1.29 is 18.7 Å². The molecule has 2 rings (SSSR count). The Balaban J connectivity index is 1.99. The number of carboxylic acids is 1. The maximum Gasteiger partial charge on any atom is 0.309 e. The van der Waals surface area contributed by atoms with Crippen molar-refractivity contribution in [3.05, 3.63) is 11.1 Å². The van der Waals surface area contributed by atoms with Crippen LogP contribution in [0.4, 0.5) is 13.9 Å².